The molecule has 0 aromatic carbocycles. The standard InChI is InChI=1S/C4H4Br2F2O3/c5-1-3(7)9-4(8,2-6)11-10-3/h1-2H2/t3-,4+. The van der Waals surface area contributed by atoms with E-state index in [0.717, 1.165) is 0 Å². The van der Waals surface area contributed by atoms with Crippen molar-refractivity contribution in [3.63, 3.8) is 0 Å². The van der Waals surface area contributed by atoms with Crippen molar-refractivity contribution < 1.29 is 23.3 Å². The highest BCUT2D eigenvalue weighted by atomic mass is 79.9. The lowest BCUT2D eigenvalue weighted by Gasteiger charge is -2.13. The Bertz CT molecular complexity index is 144. The lowest BCUT2D eigenvalue weighted by Crippen LogP contribution is -2.32. The molecule has 0 aliphatic carbocycles. The molecule has 1 rings (SSSR count). The summed E-state index contributed by atoms with van der Waals surface area (Å²) >= 11 is 5.45. The fraction of sp³-hybridized carbons (Fsp3) is 1.00. The van der Waals surface area contributed by atoms with E-state index in [9.17, 15) is 8.78 Å². The second kappa shape index (κ2) is 3.21. The van der Waals surface area contributed by atoms with Gasteiger partial charge in [-0.1, -0.05) is 31.9 Å². The lowest BCUT2D eigenvalue weighted by molar-refractivity contribution is -0.386. The van der Waals surface area contributed by atoms with E-state index in [2.05, 4.69) is 46.4 Å². The van der Waals surface area contributed by atoms with E-state index in [-0.39, 0.29) is 10.7 Å². The van der Waals surface area contributed by atoms with Crippen LogP contribution in [-0.4, -0.2) is 22.7 Å². The first-order chi connectivity index (χ1) is 5.04. The van der Waals surface area contributed by atoms with Gasteiger partial charge < -0.3 is 0 Å². The minimum atomic E-state index is -2.54. The summed E-state index contributed by atoms with van der Waals surface area (Å²) in [4.78, 5) is 7.91. The first-order valence-electron chi connectivity index (χ1n) is 2.60. The van der Waals surface area contributed by atoms with E-state index in [1.165, 1.54) is 0 Å². The van der Waals surface area contributed by atoms with Gasteiger partial charge in [0.05, 0.1) is 10.7 Å². The zero-order chi connectivity index (χ0) is 8.54. The molecule has 1 heterocycles. The number of rotatable bonds is 2. The molecule has 0 bridgehead atoms. The summed E-state index contributed by atoms with van der Waals surface area (Å²) in [7, 11) is 0. The largest absolute Gasteiger partial charge is 0.361 e. The van der Waals surface area contributed by atoms with Crippen molar-refractivity contribution in [1.29, 1.82) is 0 Å². The average Bonchev–Trinajstić information content (AvgIpc) is 2.30. The molecule has 7 heteroatoms. The highest BCUT2D eigenvalue weighted by Gasteiger charge is 2.53. The number of alkyl halides is 4. The molecule has 1 fully saturated rings. The molecule has 0 aromatic rings. The van der Waals surface area contributed by atoms with Gasteiger partial charge >= 0.3 is 12.1 Å². The Morgan fingerprint density at radius 2 is 1.36 bits per heavy atom. The Balaban J connectivity index is 2.58. The Morgan fingerprint density at radius 3 is 1.55 bits per heavy atom. The third kappa shape index (κ3) is 2.09. The monoisotopic (exact) mass is 296 g/mol. The summed E-state index contributed by atoms with van der Waals surface area (Å²) in [5.74, 6) is 0. The van der Waals surface area contributed by atoms with Gasteiger partial charge in [0.15, 0.2) is 0 Å². The highest BCUT2D eigenvalue weighted by molar-refractivity contribution is 9.09. The molecule has 1 saturated heterocycles. The Kier molecular flexibility index (Phi) is 2.86. The minimum Gasteiger partial charge on any atom is -0.257 e. The third-order valence-electron chi connectivity index (χ3n) is 0.915. The second-order valence-electron chi connectivity index (χ2n) is 1.86. The van der Waals surface area contributed by atoms with Crippen molar-refractivity contribution in [1.82, 2.24) is 0 Å². The normalized spacial score (nSPS) is 44.7. The van der Waals surface area contributed by atoms with Crippen molar-refractivity contribution >= 4 is 31.9 Å². The van der Waals surface area contributed by atoms with Gasteiger partial charge in [-0.15, -0.1) is 0 Å². The summed E-state index contributed by atoms with van der Waals surface area (Å²) in [6.45, 7) is 0. The second-order valence-corrected chi connectivity index (χ2v) is 2.98. The van der Waals surface area contributed by atoms with Crippen LogP contribution in [0.4, 0.5) is 8.78 Å². The highest BCUT2D eigenvalue weighted by Crippen LogP contribution is 2.37. The Hall–Kier alpha value is 0.700. The maximum Gasteiger partial charge on any atom is 0.361 e. The number of hydrogen-bond donors (Lipinski definition) is 0. The number of hydrogen-bond acceptors (Lipinski definition) is 3. The Morgan fingerprint density at radius 1 is 1.00 bits per heavy atom. The van der Waals surface area contributed by atoms with Gasteiger partial charge in [-0.2, -0.15) is 18.6 Å². The molecule has 2 atom stereocenters. The van der Waals surface area contributed by atoms with Crippen molar-refractivity contribution in [2.75, 3.05) is 10.7 Å². The van der Waals surface area contributed by atoms with Crippen molar-refractivity contribution in [2.45, 2.75) is 12.1 Å². The zero-order valence-corrected chi connectivity index (χ0v) is 8.32. The first-order valence-corrected chi connectivity index (χ1v) is 4.85. The maximum atomic E-state index is 12.8. The smallest absolute Gasteiger partial charge is 0.257 e. The molecule has 0 spiro atoms. The van der Waals surface area contributed by atoms with Crippen LogP contribution in [0.5, 0.6) is 0 Å². The summed E-state index contributed by atoms with van der Waals surface area (Å²) in [5, 5.41) is -0.642. The molecule has 11 heavy (non-hydrogen) atoms. The Labute approximate surface area is 78.2 Å². The van der Waals surface area contributed by atoms with Crippen LogP contribution in [0.25, 0.3) is 0 Å². The van der Waals surface area contributed by atoms with Crippen LogP contribution in [0, 0.1) is 0 Å². The minimum absolute atomic E-state index is 0.321. The molecule has 0 aromatic heterocycles. The molecule has 0 unspecified atom stereocenters. The van der Waals surface area contributed by atoms with Gasteiger partial charge in [0.1, 0.15) is 0 Å². The average molecular weight is 298 g/mol. The van der Waals surface area contributed by atoms with Crippen LogP contribution < -0.4 is 0 Å². The fourth-order valence-electron chi connectivity index (χ4n) is 0.485. The van der Waals surface area contributed by atoms with E-state index in [0.29, 0.717) is 0 Å². The lowest BCUT2D eigenvalue weighted by atomic mass is 10.6. The molecule has 0 saturated carbocycles. The van der Waals surface area contributed by atoms with Crippen LogP contribution >= 0.6 is 31.9 Å². The molecular weight excluding hydrogens is 294 g/mol. The molecule has 3 nitrogen and oxygen atoms in total. The van der Waals surface area contributed by atoms with Crippen LogP contribution in [0.15, 0.2) is 0 Å². The van der Waals surface area contributed by atoms with Gasteiger partial charge in [0.25, 0.3) is 0 Å². The van der Waals surface area contributed by atoms with Gasteiger partial charge in [-0.3, -0.25) is 4.74 Å². The SMILES string of the molecule is F[C@]1(CBr)OO[C@@](F)(CBr)O1. The van der Waals surface area contributed by atoms with Crippen LogP contribution in [0.3, 0.4) is 0 Å². The van der Waals surface area contributed by atoms with Gasteiger partial charge in [-0.25, -0.2) is 0 Å². The van der Waals surface area contributed by atoms with E-state index in [1.807, 2.05) is 0 Å². The van der Waals surface area contributed by atoms with Crippen LogP contribution in [0.2, 0.25) is 0 Å². The quantitative estimate of drug-likeness (QED) is 0.576. The zero-order valence-electron chi connectivity index (χ0n) is 5.15. The summed E-state index contributed by atoms with van der Waals surface area (Å²) in [6, 6.07) is -5.08. The molecule has 0 N–H and O–H groups in total. The van der Waals surface area contributed by atoms with E-state index < -0.39 is 12.1 Å². The van der Waals surface area contributed by atoms with Crippen molar-refractivity contribution in [3.05, 3.63) is 0 Å². The van der Waals surface area contributed by atoms with Gasteiger partial charge in [-0.05, 0) is 0 Å². The maximum absolute atomic E-state index is 12.8. The van der Waals surface area contributed by atoms with Crippen molar-refractivity contribution in [2.24, 2.45) is 0 Å². The summed E-state index contributed by atoms with van der Waals surface area (Å²) < 4.78 is 29.9. The first kappa shape index (κ1) is 9.79. The summed E-state index contributed by atoms with van der Waals surface area (Å²) in [5.41, 5.74) is 0. The summed E-state index contributed by atoms with van der Waals surface area (Å²) in [6.07, 6.45) is 0. The third-order valence-corrected chi connectivity index (χ3v) is 2.25. The predicted octanol–water partition coefficient (Wildman–Crippen LogP) is 2.00. The van der Waals surface area contributed by atoms with Crippen LogP contribution in [0.1, 0.15) is 0 Å². The predicted molar refractivity (Wildman–Crippen MR) is 38.5 cm³/mol. The van der Waals surface area contributed by atoms with Crippen LogP contribution in [-0.2, 0) is 14.5 Å². The van der Waals surface area contributed by atoms with Gasteiger partial charge in [0.2, 0.25) is 0 Å². The van der Waals surface area contributed by atoms with E-state index in [4.69, 9.17) is 0 Å². The molecule has 1 aliphatic rings. The molecule has 0 radical (unpaired) electrons. The van der Waals surface area contributed by atoms with Crippen molar-refractivity contribution in [3.8, 4) is 0 Å². The van der Waals surface area contributed by atoms with E-state index in [1.54, 1.807) is 0 Å². The molecule has 66 valence electrons. The number of halogens is 4. The molecular formula is C4H4Br2F2O3. The topological polar surface area (TPSA) is 27.7 Å². The molecule has 1 aliphatic heterocycles. The number of ether oxygens (including phenoxy) is 1. The van der Waals surface area contributed by atoms with Gasteiger partial charge in [0, 0.05) is 0 Å². The fourth-order valence-corrected chi connectivity index (χ4v) is 0.901. The van der Waals surface area contributed by atoms with E-state index >= 15 is 0 Å². The molecule has 0 amide bonds.